The summed E-state index contributed by atoms with van der Waals surface area (Å²) in [6.07, 6.45) is 2.30. The Balaban J connectivity index is 2.45. The normalized spacial score (nSPS) is 18.7. The summed E-state index contributed by atoms with van der Waals surface area (Å²) in [7, 11) is 1.52. The quantitative estimate of drug-likeness (QED) is 0.677. The van der Waals surface area contributed by atoms with Crippen molar-refractivity contribution >= 4 is 17.3 Å². The average Bonchev–Trinajstić information content (AvgIpc) is 2.45. The van der Waals surface area contributed by atoms with E-state index in [0.29, 0.717) is 13.0 Å². The number of nitrogens with one attached hydrogen (secondary N) is 1. The smallest absolute Gasteiger partial charge is 0.327 e. The number of rotatable bonds is 3. The third kappa shape index (κ3) is 2.56. The summed E-state index contributed by atoms with van der Waals surface area (Å²) in [5, 5.41) is 13.6. The Kier molecular flexibility index (Phi) is 4.16. The number of nitro groups is 1. The molecule has 1 aromatic rings. The number of para-hydroxylation sites is 1. The largest absolute Gasteiger partial charge is 0.357 e. The lowest BCUT2D eigenvalue weighted by Crippen LogP contribution is -2.49. The van der Waals surface area contributed by atoms with Crippen LogP contribution in [0.25, 0.3) is 0 Å². The van der Waals surface area contributed by atoms with Crippen LogP contribution in [0.3, 0.4) is 0 Å². The molecule has 0 spiro atoms. The standard InChI is InChI=1S/C13H16FN3O3/c1-15-13(18)11-6-2-3-8-16(11)10-7-4-5-9(14)12(10)17(19)20/h4-5,7,11H,2-3,6,8H2,1H3,(H,15,18). The molecule has 2 rings (SSSR count). The molecule has 1 aliphatic heterocycles. The summed E-state index contributed by atoms with van der Waals surface area (Å²) < 4.78 is 13.7. The fourth-order valence-corrected chi connectivity index (χ4v) is 2.58. The van der Waals surface area contributed by atoms with Crippen LogP contribution in [-0.4, -0.2) is 30.5 Å². The number of anilines is 1. The number of amides is 1. The van der Waals surface area contributed by atoms with Gasteiger partial charge in [0.15, 0.2) is 0 Å². The van der Waals surface area contributed by atoms with Gasteiger partial charge in [-0.1, -0.05) is 6.07 Å². The first-order valence-corrected chi connectivity index (χ1v) is 6.47. The molecule has 1 amide bonds. The minimum Gasteiger partial charge on any atom is -0.357 e. The number of carbonyl (C=O) groups excluding carboxylic acids is 1. The van der Waals surface area contributed by atoms with E-state index in [-0.39, 0.29) is 11.6 Å². The van der Waals surface area contributed by atoms with Crippen LogP contribution in [0.2, 0.25) is 0 Å². The lowest BCUT2D eigenvalue weighted by molar-refractivity contribution is -0.386. The molecule has 108 valence electrons. The van der Waals surface area contributed by atoms with E-state index in [4.69, 9.17) is 0 Å². The maximum absolute atomic E-state index is 13.7. The zero-order valence-electron chi connectivity index (χ0n) is 11.1. The Hall–Kier alpha value is -2.18. The van der Waals surface area contributed by atoms with E-state index in [1.807, 2.05) is 0 Å². The molecule has 0 aromatic heterocycles. The predicted molar refractivity (Wildman–Crippen MR) is 72.1 cm³/mol. The summed E-state index contributed by atoms with van der Waals surface area (Å²) in [4.78, 5) is 23.9. The number of benzene rings is 1. The fourth-order valence-electron chi connectivity index (χ4n) is 2.58. The van der Waals surface area contributed by atoms with Crippen molar-refractivity contribution < 1.29 is 14.1 Å². The van der Waals surface area contributed by atoms with Crippen molar-refractivity contribution in [2.75, 3.05) is 18.5 Å². The minimum atomic E-state index is -0.881. The summed E-state index contributed by atoms with van der Waals surface area (Å²) in [5.41, 5.74) is -0.397. The van der Waals surface area contributed by atoms with E-state index in [1.165, 1.54) is 19.2 Å². The van der Waals surface area contributed by atoms with Crippen LogP contribution in [0.15, 0.2) is 18.2 Å². The molecular weight excluding hydrogens is 265 g/mol. The molecule has 0 saturated carbocycles. The minimum absolute atomic E-state index is 0.170. The zero-order valence-corrected chi connectivity index (χ0v) is 11.1. The number of nitro benzene ring substituents is 1. The highest BCUT2D eigenvalue weighted by Crippen LogP contribution is 2.34. The summed E-state index contributed by atoms with van der Waals surface area (Å²) in [6, 6.07) is 3.48. The zero-order chi connectivity index (χ0) is 14.7. The van der Waals surface area contributed by atoms with Gasteiger partial charge < -0.3 is 10.2 Å². The molecule has 1 heterocycles. The number of carbonyl (C=O) groups is 1. The molecule has 1 atom stereocenters. The Labute approximate surface area is 115 Å². The predicted octanol–water partition coefficient (Wildman–Crippen LogP) is 1.84. The van der Waals surface area contributed by atoms with Gasteiger partial charge in [-0.15, -0.1) is 0 Å². The number of hydrogen-bond acceptors (Lipinski definition) is 4. The van der Waals surface area contributed by atoms with Crippen molar-refractivity contribution in [2.45, 2.75) is 25.3 Å². The molecule has 1 saturated heterocycles. The summed E-state index contributed by atoms with van der Waals surface area (Å²) >= 11 is 0. The molecule has 1 N–H and O–H groups in total. The number of halogens is 1. The van der Waals surface area contributed by atoms with Crippen molar-refractivity contribution in [1.82, 2.24) is 5.32 Å². The second-order valence-corrected chi connectivity index (χ2v) is 4.68. The van der Waals surface area contributed by atoms with Gasteiger partial charge in [0.2, 0.25) is 11.7 Å². The van der Waals surface area contributed by atoms with E-state index < -0.39 is 22.5 Å². The van der Waals surface area contributed by atoms with Crippen LogP contribution >= 0.6 is 0 Å². The van der Waals surface area contributed by atoms with Gasteiger partial charge >= 0.3 is 5.69 Å². The van der Waals surface area contributed by atoms with Crippen molar-refractivity contribution in [3.8, 4) is 0 Å². The van der Waals surface area contributed by atoms with Crippen molar-refractivity contribution in [3.63, 3.8) is 0 Å². The number of hydrogen-bond donors (Lipinski definition) is 1. The van der Waals surface area contributed by atoms with Crippen molar-refractivity contribution in [3.05, 3.63) is 34.1 Å². The number of likely N-dealkylation sites (N-methyl/N-ethyl adjacent to an activating group) is 1. The van der Waals surface area contributed by atoms with E-state index in [1.54, 1.807) is 4.90 Å². The van der Waals surface area contributed by atoms with Gasteiger partial charge in [0.1, 0.15) is 11.7 Å². The first-order valence-electron chi connectivity index (χ1n) is 6.47. The second-order valence-electron chi connectivity index (χ2n) is 4.68. The molecule has 6 nitrogen and oxygen atoms in total. The third-order valence-corrected chi connectivity index (χ3v) is 3.51. The average molecular weight is 281 g/mol. The molecule has 1 aliphatic rings. The molecular formula is C13H16FN3O3. The summed E-state index contributed by atoms with van der Waals surface area (Å²) in [5.74, 6) is -1.09. The first-order chi connectivity index (χ1) is 9.56. The fraction of sp³-hybridized carbons (Fsp3) is 0.462. The highest BCUT2D eigenvalue weighted by Gasteiger charge is 2.33. The molecule has 0 radical (unpaired) electrons. The van der Waals surface area contributed by atoms with Crippen molar-refractivity contribution in [1.29, 1.82) is 0 Å². The molecule has 0 bridgehead atoms. The van der Waals surface area contributed by atoms with Gasteiger partial charge in [-0.25, -0.2) is 0 Å². The molecule has 1 aromatic carbocycles. The highest BCUT2D eigenvalue weighted by atomic mass is 19.1. The van der Waals surface area contributed by atoms with Gasteiger partial charge in [0.25, 0.3) is 0 Å². The maximum atomic E-state index is 13.7. The monoisotopic (exact) mass is 281 g/mol. The number of piperidine rings is 1. The van der Waals surface area contributed by atoms with Gasteiger partial charge in [0.05, 0.1) is 4.92 Å². The van der Waals surface area contributed by atoms with Gasteiger partial charge in [-0.2, -0.15) is 4.39 Å². The topological polar surface area (TPSA) is 75.5 Å². The van der Waals surface area contributed by atoms with Crippen LogP contribution < -0.4 is 10.2 Å². The summed E-state index contributed by atoms with van der Waals surface area (Å²) in [6.45, 7) is 0.502. The van der Waals surface area contributed by atoms with E-state index in [9.17, 15) is 19.3 Å². The first kappa shape index (κ1) is 14.2. The molecule has 20 heavy (non-hydrogen) atoms. The molecule has 1 fully saturated rings. The molecule has 1 unspecified atom stereocenters. The van der Waals surface area contributed by atoms with Gasteiger partial charge in [-0.05, 0) is 31.4 Å². The Morgan fingerprint density at radius 2 is 2.25 bits per heavy atom. The lowest BCUT2D eigenvalue weighted by Gasteiger charge is -2.35. The lowest BCUT2D eigenvalue weighted by atomic mass is 10.00. The van der Waals surface area contributed by atoms with Crippen LogP contribution in [-0.2, 0) is 4.79 Å². The van der Waals surface area contributed by atoms with Crippen LogP contribution in [0, 0.1) is 15.9 Å². The van der Waals surface area contributed by atoms with E-state index in [0.717, 1.165) is 18.9 Å². The molecule has 7 heteroatoms. The highest BCUT2D eigenvalue weighted by molar-refractivity contribution is 5.86. The van der Waals surface area contributed by atoms with Crippen LogP contribution in [0.4, 0.5) is 15.8 Å². The second kappa shape index (κ2) is 5.85. The Morgan fingerprint density at radius 3 is 2.90 bits per heavy atom. The maximum Gasteiger partial charge on any atom is 0.327 e. The SMILES string of the molecule is CNC(=O)C1CCCCN1c1cccc(F)c1[N+](=O)[O-]. The third-order valence-electron chi connectivity index (χ3n) is 3.51. The van der Waals surface area contributed by atoms with E-state index >= 15 is 0 Å². The molecule has 0 aliphatic carbocycles. The van der Waals surface area contributed by atoms with Crippen LogP contribution in [0.1, 0.15) is 19.3 Å². The van der Waals surface area contributed by atoms with Crippen LogP contribution in [0.5, 0.6) is 0 Å². The van der Waals surface area contributed by atoms with E-state index in [2.05, 4.69) is 5.32 Å². The number of nitrogens with zero attached hydrogens (tertiary/aromatic N) is 2. The van der Waals surface area contributed by atoms with Gasteiger partial charge in [-0.3, -0.25) is 14.9 Å². The van der Waals surface area contributed by atoms with Gasteiger partial charge in [0, 0.05) is 13.6 Å². The Bertz CT molecular complexity index is 536. The Morgan fingerprint density at radius 1 is 1.50 bits per heavy atom. The van der Waals surface area contributed by atoms with Crippen molar-refractivity contribution in [2.24, 2.45) is 0 Å².